The predicted octanol–water partition coefficient (Wildman–Crippen LogP) is -1.72. The van der Waals surface area contributed by atoms with Crippen LogP contribution < -0.4 is 6.15 Å². The van der Waals surface area contributed by atoms with Crippen LogP contribution in [0.3, 0.4) is 0 Å². The Morgan fingerprint density at radius 2 is 1.00 bits per heavy atom. The molecule has 9 heteroatoms. The molecule has 0 heterocycles. The molecule has 0 saturated carbocycles. The summed E-state index contributed by atoms with van der Waals surface area (Å²) >= 11 is 0. The quantitative estimate of drug-likeness (QED) is 0.382. The van der Waals surface area contributed by atoms with Gasteiger partial charge >= 0.3 is 10.4 Å². The average molecular weight is 188 g/mol. The van der Waals surface area contributed by atoms with Crippen LogP contribution in [0.5, 0.6) is 0 Å². The summed E-state index contributed by atoms with van der Waals surface area (Å²) < 4.78 is 31.6. The highest BCUT2D eigenvalue weighted by Crippen LogP contribution is 1.59. The number of hydrogen-bond donors (Lipinski definition) is 3. The summed E-state index contributed by atoms with van der Waals surface area (Å²) in [5, 5.41) is 0. The summed E-state index contributed by atoms with van der Waals surface area (Å²) in [4.78, 5) is 0. The standard InChI is InChI=1S/ClH.H3N.H2O4S.2H2O/c;;1-5(2,3)4;;/h1H;1H3;(H2,1,2,3,4);2*1H2. The summed E-state index contributed by atoms with van der Waals surface area (Å²) in [5.74, 6) is 0. The monoisotopic (exact) mass is 187 g/mol. The summed E-state index contributed by atoms with van der Waals surface area (Å²) in [6.07, 6.45) is 0. The molecule has 0 fully saturated rings. The first kappa shape index (κ1) is 35.8. The van der Waals surface area contributed by atoms with Crippen molar-refractivity contribution >= 4 is 22.8 Å². The minimum Gasteiger partial charge on any atom is -0.412 e. The van der Waals surface area contributed by atoms with Crippen LogP contribution in [0.1, 0.15) is 0 Å². The second kappa shape index (κ2) is 10.9. The molecular weight excluding hydrogens is 178 g/mol. The fourth-order valence-electron chi connectivity index (χ4n) is 0. The van der Waals surface area contributed by atoms with Gasteiger partial charge < -0.3 is 17.1 Å². The van der Waals surface area contributed by atoms with Crippen molar-refractivity contribution in [3.8, 4) is 0 Å². The van der Waals surface area contributed by atoms with Crippen LogP contribution in [0.4, 0.5) is 0 Å². The van der Waals surface area contributed by atoms with Crippen LogP contribution in [-0.4, -0.2) is 28.5 Å². The zero-order valence-electron chi connectivity index (χ0n) is 4.23. The van der Waals surface area contributed by atoms with Crippen LogP contribution in [-0.2, 0) is 10.4 Å². The minimum atomic E-state index is -4.67. The maximum Gasteiger partial charge on any atom is 0.394 e. The molecule has 0 spiro atoms. The third-order valence-electron chi connectivity index (χ3n) is 0. The van der Waals surface area contributed by atoms with E-state index in [0.29, 0.717) is 0 Å². The Hall–Kier alpha value is 0.0400. The maximum absolute atomic E-state index is 8.74. The lowest BCUT2D eigenvalue weighted by Crippen LogP contribution is -1.89. The van der Waals surface area contributed by atoms with E-state index in [-0.39, 0.29) is 29.5 Å². The van der Waals surface area contributed by atoms with Crippen molar-refractivity contribution in [1.29, 1.82) is 0 Å². The highest BCUT2D eigenvalue weighted by molar-refractivity contribution is 7.79. The Labute approximate surface area is 58.3 Å². The van der Waals surface area contributed by atoms with Crippen molar-refractivity contribution in [2.24, 2.45) is 0 Å². The van der Waals surface area contributed by atoms with Gasteiger partial charge in [0, 0.05) is 0 Å². The van der Waals surface area contributed by atoms with Gasteiger partial charge in [0.2, 0.25) is 0 Å². The average Bonchev–Trinajstić information content (AvgIpc) is 0.722. The van der Waals surface area contributed by atoms with Gasteiger partial charge in [0.05, 0.1) is 0 Å². The van der Waals surface area contributed by atoms with E-state index in [0.717, 1.165) is 0 Å². The second-order valence-corrected chi connectivity index (χ2v) is 1.34. The molecule has 0 aromatic heterocycles. The first-order valence-corrected chi connectivity index (χ1v) is 2.10. The summed E-state index contributed by atoms with van der Waals surface area (Å²) in [6, 6.07) is 0. The van der Waals surface area contributed by atoms with E-state index in [2.05, 4.69) is 0 Å². The van der Waals surface area contributed by atoms with E-state index in [4.69, 9.17) is 17.5 Å². The molecular formula is H10ClNO6S. The molecule has 0 saturated heterocycles. The van der Waals surface area contributed by atoms with Crippen molar-refractivity contribution in [3.05, 3.63) is 0 Å². The fourth-order valence-corrected chi connectivity index (χ4v) is 0. The van der Waals surface area contributed by atoms with Crippen LogP contribution in [0.2, 0.25) is 0 Å². The van der Waals surface area contributed by atoms with E-state index >= 15 is 0 Å². The maximum atomic E-state index is 8.74. The minimum absolute atomic E-state index is 0. The van der Waals surface area contributed by atoms with Gasteiger partial charge in [-0.25, -0.2) is 0 Å². The van der Waals surface area contributed by atoms with E-state index in [1.165, 1.54) is 0 Å². The molecule has 0 aliphatic carbocycles. The third-order valence-corrected chi connectivity index (χ3v) is 0. The number of hydrogen-bond acceptors (Lipinski definition) is 3. The lowest BCUT2D eigenvalue weighted by atomic mass is 14.0. The summed E-state index contributed by atoms with van der Waals surface area (Å²) in [5.41, 5.74) is 0. The van der Waals surface area contributed by atoms with Crippen LogP contribution in [0.25, 0.3) is 0 Å². The Morgan fingerprint density at radius 1 is 1.00 bits per heavy atom. The Morgan fingerprint density at radius 3 is 1.00 bits per heavy atom. The molecule has 7 nitrogen and oxygen atoms in total. The molecule has 9 heavy (non-hydrogen) atoms. The first-order chi connectivity index (χ1) is 2.00. The van der Waals surface area contributed by atoms with Gasteiger partial charge in [0.25, 0.3) is 0 Å². The molecule has 0 radical (unpaired) electrons. The van der Waals surface area contributed by atoms with Crippen molar-refractivity contribution in [1.82, 2.24) is 6.15 Å². The fraction of sp³-hybridized carbons (Fsp3) is 0. The summed E-state index contributed by atoms with van der Waals surface area (Å²) in [6.45, 7) is 0. The van der Waals surface area contributed by atoms with Crippen LogP contribution >= 0.6 is 12.4 Å². The normalized spacial score (nSPS) is 6.44. The molecule has 9 N–H and O–H groups in total. The molecule has 0 aromatic rings. The lowest BCUT2D eigenvalue weighted by Gasteiger charge is -1.68. The Bertz CT molecular complexity index is 96.2. The van der Waals surface area contributed by atoms with E-state index in [1.54, 1.807) is 0 Å². The predicted molar refractivity (Wildman–Crippen MR) is 33.7 cm³/mol. The Kier molecular flexibility index (Phi) is 43.5. The molecule has 64 valence electrons. The van der Waals surface area contributed by atoms with Gasteiger partial charge in [-0.15, -0.1) is 12.4 Å². The SMILES string of the molecule is Cl.N.O.O.O=S(=O)(O)O. The van der Waals surface area contributed by atoms with Gasteiger partial charge in [-0.2, -0.15) is 8.42 Å². The molecule has 0 aromatic carbocycles. The van der Waals surface area contributed by atoms with Gasteiger partial charge in [-0.05, 0) is 0 Å². The van der Waals surface area contributed by atoms with Gasteiger partial charge in [0.1, 0.15) is 0 Å². The van der Waals surface area contributed by atoms with Gasteiger partial charge in [0.15, 0.2) is 0 Å². The van der Waals surface area contributed by atoms with Crippen molar-refractivity contribution in [3.63, 3.8) is 0 Å². The molecule has 0 amide bonds. The molecule has 0 bridgehead atoms. The third kappa shape index (κ3) is 183000. The highest BCUT2D eigenvalue weighted by atomic mass is 35.5. The lowest BCUT2D eigenvalue weighted by molar-refractivity contribution is 0.381. The molecule has 0 unspecified atom stereocenters. The topological polar surface area (TPSA) is 173 Å². The van der Waals surface area contributed by atoms with Crippen LogP contribution in [0.15, 0.2) is 0 Å². The Balaban J connectivity index is -0.0000000133. The van der Waals surface area contributed by atoms with E-state index in [9.17, 15) is 0 Å². The molecule has 0 atom stereocenters. The number of halogens is 1. The summed E-state index contributed by atoms with van der Waals surface area (Å²) in [7, 11) is -4.67. The zero-order valence-corrected chi connectivity index (χ0v) is 5.87. The smallest absolute Gasteiger partial charge is 0.394 e. The molecule has 0 aliphatic heterocycles. The van der Waals surface area contributed by atoms with E-state index in [1.807, 2.05) is 0 Å². The molecule has 0 aliphatic rings. The zero-order chi connectivity index (χ0) is 4.50. The highest BCUT2D eigenvalue weighted by Gasteiger charge is 1.84. The van der Waals surface area contributed by atoms with Crippen molar-refractivity contribution in [2.45, 2.75) is 0 Å². The van der Waals surface area contributed by atoms with E-state index < -0.39 is 10.4 Å². The van der Waals surface area contributed by atoms with Crippen molar-refractivity contribution < 1.29 is 28.5 Å². The van der Waals surface area contributed by atoms with Crippen molar-refractivity contribution in [2.75, 3.05) is 0 Å². The van der Waals surface area contributed by atoms with Gasteiger partial charge in [-0.1, -0.05) is 0 Å². The largest absolute Gasteiger partial charge is 0.412 e. The first-order valence-electron chi connectivity index (χ1n) is 0.698. The van der Waals surface area contributed by atoms with Gasteiger partial charge in [-0.3, -0.25) is 9.11 Å². The van der Waals surface area contributed by atoms with Crippen LogP contribution in [0, 0.1) is 0 Å². The molecule has 0 rings (SSSR count). The number of rotatable bonds is 0. The second-order valence-electron chi connectivity index (χ2n) is 0.448.